The first-order chi connectivity index (χ1) is 9.78. The molecule has 0 amide bonds. The van der Waals surface area contributed by atoms with Crippen molar-refractivity contribution in [3.8, 4) is 11.5 Å². The van der Waals surface area contributed by atoms with Gasteiger partial charge in [-0.2, -0.15) is 4.98 Å². The van der Waals surface area contributed by atoms with Crippen LogP contribution in [0.4, 0.5) is 0 Å². The van der Waals surface area contributed by atoms with Crippen molar-refractivity contribution in [1.29, 1.82) is 0 Å². The van der Waals surface area contributed by atoms with E-state index in [4.69, 9.17) is 4.52 Å². The zero-order valence-corrected chi connectivity index (χ0v) is 11.6. The molecular formula is C15H16N4O. The molecular weight excluding hydrogens is 252 g/mol. The molecule has 0 bridgehead atoms. The van der Waals surface area contributed by atoms with Crippen molar-refractivity contribution >= 4 is 10.9 Å². The number of nitrogens with zero attached hydrogens (tertiary/aromatic N) is 3. The summed E-state index contributed by atoms with van der Waals surface area (Å²) >= 11 is 0. The van der Waals surface area contributed by atoms with Crippen LogP contribution in [0.1, 0.15) is 11.5 Å². The maximum atomic E-state index is 5.23. The third-order valence-corrected chi connectivity index (χ3v) is 3.21. The van der Waals surface area contributed by atoms with Crippen LogP contribution in [-0.4, -0.2) is 28.7 Å². The van der Waals surface area contributed by atoms with Crippen LogP contribution in [0, 0.1) is 6.92 Å². The van der Waals surface area contributed by atoms with E-state index >= 15 is 0 Å². The van der Waals surface area contributed by atoms with Gasteiger partial charge >= 0.3 is 0 Å². The molecule has 102 valence electrons. The average Bonchev–Trinajstić information content (AvgIpc) is 2.94. The molecule has 20 heavy (non-hydrogen) atoms. The summed E-state index contributed by atoms with van der Waals surface area (Å²) in [5, 5.41) is 8.21. The van der Waals surface area contributed by atoms with Crippen molar-refractivity contribution in [3.05, 3.63) is 41.8 Å². The standard InChI is InChI=1S/C15H16N4O/c1-10-9-13(17-12-6-4-3-5-11(10)12)15-18-14(20-19-15)7-8-16-2/h3-6,9,16H,7-8H2,1-2H3. The monoisotopic (exact) mass is 268 g/mol. The lowest BCUT2D eigenvalue weighted by molar-refractivity contribution is 0.377. The van der Waals surface area contributed by atoms with Gasteiger partial charge < -0.3 is 9.84 Å². The van der Waals surface area contributed by atoms with Gasteiger partial charge in [0.2, 0.25) is 11.7 Å². The summed E-state index contributed by atoms with van der Waals surface area (Å²) in [6.07, 6.45) is 0.718. The number of benzene rings is 1. The molecule has 5 nitrogen and oxygen atoms in total. The highest BCUT2D eigenvalue weighted by Crippen LogP contribution is 2.22. The molecule has 0 unspecified atom stereocenters. The Morgan fingerprint density at radius 1 is 1.20 bits per heavy atom. The summed E-state index contributed by atoms with van der Waals surface area (Å²) in [6.45, 7) is 2.88. The first kappa shape index (κ1) is 12.7. The van der Waals surface area contributed by atoms with Crippen LogP contribution in [0.25, 0.3) is 22.4 Å². The van der Waals surface area contributed by atoms with Crippen molar-refractivity contribution in [2.75, 3.05) is 13.6 Å². The van der Waals surface area contributed by atoms with Gasteiger partial charge in [-0.05, 0) is 31.7 Å². The maximum Gasteiger partial charge on any atom is 0.228 e. The van der Waals surface area contributed by atoms with Crippen LogP contribution in [0.15, 0.2) is 34.9 Å². The Morgan fingerprint density at radius 2 is 2.05 bits per heavy atom. The lowest BCUT2D eigenvalue weighted by Crippen LogP contribution is -2.10. The molecule has 5 heteroatoms. The van der Waals surface area contributed by atoms with Crippen LogP contribution in [0.3, 0.4) is 0 Å². The number of rotatable bonds is 4. The van der Waals surface area contributed by atoms with Crippen molar-refractivity contribution in [1.82, 2.24) is 20.4 Å². The Labute approximate surface area is 117 Å². The fraction of sp³-hybridized carbons (Fsp3) is 0.267. The van der Waals surface area contributed by atoms with Crippen LogP contribution in [0.5, 0.6) is 0 Å². The van der Waals surface area contributed by atoms with Crippen LogP contribution < -0.4 is 5.32 Å². The third kappa shape index (κ3) is 2.40. The van der Waals surface area contributed by atoms with E-state index in [1.54, 1.807) is 0 Å². The normalized spacial score (nSPS) is 11.1. The van der Waals surface area contributed by atoms with Gasteiger partial charge in [0.05, 0.1) is 5.52 Å². The molecule has 1 aromatic carbocycles. The van der Waals surface area contributed by atoms with Gasteiger partial charge in [-0.3, -0.25) is 0 Å². The molecule has 2 heterocycles. The second-order valence-electron chi connectivity index (χ2n) is 4.71. The van der Waals surface area contributed by atoms with Gasteiger partial charge in [-0.25, -0.2) is 4.98 Å². The first-order valence-corrected chi connectivity index (χ1v) is 6.62. The molecule has 0 saturated carbocycles. The molecule has 0 saturated heterocycles. The molecule has 0 fully saturated rings. The highest BCUT2D eigenvalue weighted by atomic mass is 16.5. The number of pyridine rings is 1. The van der Waals surface area contributed by atoms with Crippen LogP contribution in [-0.2, 0) is 6.42 Å². The minimum absolute atomic E-state index is 0.546. The molecule has 0 radical (unpaired) electrons. The van der Waals surface area contributed by atoms with Crippen LogP contribution in [0.2, 0.25) is 0 Å². The first-order valence-electron chi connectivity index (χ1n) is 6.62. The largest absolute Gasteiger partial charge is 0.339 e. The van der Waals surface area contributed by atoms with E-state index < -0.39 is 0 Å². The molecule has 2 aromatic heterocycles. The summed E-state index contributed by atoms with van der Waals surface area (Å²) in [5.41, 5.74) is 2.86. The minimum Gasteiger partial charge on any atom is -0.339 e. The number of aryl methyl sites for hydroxylation is 1. The molecule has 3 rings (SSSR count). The predicted octanol–water partition coefficient (Wildman–Crippen LogP) is 2.36. The quantitative estimate of drug-likeness (QED) is 0.787. The fourth-order valence-electron chi connectivity index (χ4n) is 2.16. The number of aromatic nitrogens is 3. The summed E-state index contributed by atoms with van der Waals surface area (Å²) in [6, 6.07) is 10.0. The highest BCUT2D eigenvalue weighted by molar-refractivity contribution is 5.84. The maximum absolute atomic E-state index is 5.23. The van der Waals surface area contributed by atoms with Gasteiger partial charge in [0.25, 0.3) is 0 Å². The van der Waals surface area contributed by atoms with E-state index in [1.165, 1.54) is 0 Å². The molecule has 3 aromatic rings. The van der Waals surface area contributed by atoms with E-state index in [1.807, 2.05) is 31.3 Å². The van der Waals surface area contributed by atoms with Crippen molar-refractivity contribution in [2.45, 2.75) is 13.3 Å². The van der Waals surface area contributed by atoms with Crippen LogP contribution >= 0.6 is 0 Å². The lowest BCUT2D eigenvalue weighted by Gasteiger charge is -2.03. The van der Waals surface area contributed by atoms with Crippen molar-refractivity contribution < 1.29 is 4.52 Å². The number of hydrogen-bond acceptors (Lipinski definition) is 5. The smallest absolute Gasteiger partial charge is 0.228 e. The highest BCUT2D eigenvalue weighted by Gasteiger charge is 2.11. The third-order valence-electron chi connectivity index (χ3n) is 3.21. The van der Waals surface area contributed by atoms with Gasteiger partial charge in [0.1, 0.15) is 5.69 Å². The van der Waals surface area contributed by atoms with E-state index in [0.29, 0.717) is 11.7 Å². The number of fused-ring (bicyclic) bond motifs is 1. The SMILES string of the molecule is CNCCc1nc(-c2cc(C)c3ccccc3n2)no1. The molecule has 0 aliphatic carbocycles. The van der Waals surface area contributed by atoms with Gasteiger partial charge in [0, 0.05) is 18.4 Å². The van der Waals surface area contributed by atoms with E-state index in [-0.39, 0.29) is 0 Å². The van der Waals surface area contributed by atoms with E-state index in [2.05, 4.69) is 33.4 Å². The fourth-order valence-corrected chi connectivity index (χ4v) is 2.16. The van der Waals surface area contributed by atoms with Gasteiger partial charge in [-0.15, -0.1) is 0 Å². The Kier molecular flexibility index (Phi) is 3.43. The zero-order chi connectivity index (χ0) is 13.9. The lowest BCUT2D eigenvalue weighted by atomic mass is 10.1. The summed E-state index contributed by atoms with van der Waals surface area (Å²) in [5.74, 6) is 1.17. The predicted molar refractivity (Wildman–Crippen MR) is 77.4 cm³/mol. The molecule has 1 N–H and O–H groups in total. The minimum atomic E-state index is 0.546. The summed E-state index contributed by atoms with van der Waals surface area (Å²) < 4.78 is 5.23. The van der Waals surface area contributed by atoms with E-state index in [0.717, 1.165) is 35.1 Å². The summed E-state index contributed by atoms with van der Waals surface area (Å²) in [7, 11) is 1.89. The Balaban J connectivity index is 1.99. The topological polar surface area (TPSA) is 63.8 Å². The molecule has 0 atom stereocenters. The van der Waals surface area contributed by atoms with Crippen molar-refractivity contribution in [3.63, 3.8) is 0 Å². The second kappa shape index (κ2) is 5.38. The second-order valence-corrected chi connectivity index (χ2v) is 4.71. The number of hydrogen-bond donors (Lipinski definition) is 1. The van der Waals surface area contributed by atoms with Crippen molar-refractivity contribution in [2.24, 2.45) is 0 Å². The van der Waals surface area contributed by atoms with E-state index in [9.17, 15) is 0 Å². The Morgan fingerprint density at radius 3 is 2.90 bits per heavy atom. The van der Waals surface area contributed by atoms with Gasteiger partial charge in [0.15, 0.2) is 0 Å². The number of likely N-dealkylation sites (N-methyl/N-ethyl adjacent to an activating group) is 1. The summed E-state index contributed by atoms with van der Waals surface area (Å²) in [4.78, 5) is 8.98. The zero-order valence-electron chi connectivity index (χ0n) is 11.6. The molecule has 0 spiro atoms. The number of nitrogens with one attached hydrogen (secondary N) is 1. The number of para-hydroxylation sites is 1. The molecule has 0 aliphatic heterocycles. The Bertz CT molecular complexity index is 736. The van der Waals surface area contributed by atoms with Gasteiger partial charge in [-0.1, -0.05) is 23.4 Å². The molecule has 0 aliphatic rings. The average molecular weight is 268 g/mol. The Hall–Kier alpha value is -2.27.